The van der Waals surface area contributed by atoms with Crippen LogP contribution in [0.15, 0.2) is 65.7 Å². The van der Waals surface area contributed by atoms with Crippen molar-refractivity contribution in [3.8, 4) is 11.4 Å². The monoisotopic (exact) mass is 605 g/mol. The van der Waals surface area contributed by atoms with Crippen molar-refractivity contribution in [2.75, 3.05) is 61.5 Å². The van der Waals surface area contributed by atoms with Crippen molar-refractivity contribution < 1.29 is 9.53 Å². The zero-order chi connectivity index (χ0) is 30.7. The molecule has 1 saturated heterocycles. The third-order valence-electron chi connectivity index (χ3n) is 9.07. The van der Waals surface area contributed by atoms with Crippen molar-refractivity contribution in [1.82, 2.24) is 28.8 Å². The van der Waals surface area contributed by atoms with Crippen LogP contribution in [0.25, 0.3) is 27.6 Å². The van der Waals surface area contributed by atoms with Gasteiger partial charge in [-0.1, -0.05) is 12.2 Å². The summed E-state index contributed by atoms with van der Waals surface area (Å²) in [6.07, 6.45) is 9.46. The summed E-state index contributed by atoms with van der Waals surface area (Å²) in [6, 6.07) is 12.0. The standard InChI is InChI=1S/C33H35N9O3/c1-37-13-15-39(16-14-37)28-20-38(2)26-17-22(7-9-24(26)28)35-33-34-19-25-31(36-33)42-23-8-10-29-27(18-23)40(30(43)21-45-29)11-5-3-4-6-12-41(42)32(25)44/h4,6-10,17-20H,3,5,11-16,21H2,1-2H3,(H,34,35,36). The zero-order valence-corrected chi connectivity index (χ0v) is 25.4. The molecule has 6 heterocycles. The average Bonchev–Trinajstić information content (AvgIpc) is 3.51. The molecule has 12 heteroatoms. The summed E-state index contributed by atoms with van der Waals surface area (Å²) in [4.78, 5) is 42.4. The van der Waals surface area contributed by atoms with Crippen LogP contribution in [0.5, 0.6) is 5.75 Å². The lowest BCUT2D eigenvalue weighted by Gasteiger charge is -2.33. The summed E-state index contributed by atoms with van der Waals surface area (Å²) < 4.78 is 11.4. The number of carbonyl (C=O) groups excluding carboxylic acids is 1. The molecule has 2 bridgehead atoms. The number of hydrogen-bond donors (Lipinski definition) is 1. The van der Waals surface area contributed by atoms with Crippen LogP contribution in [-0.4, -0.2) is 81.1 Å². The molecule has 230 valence electrons. The highest BCUT2D eigenvalue weighted by Crippen LogP contribution is 2.36. The topological polar surface area (TPSA) is 106 Å². The van der Waals surface area contributed by atoms with Crippen LogP contribution in [-0.2, 0) is 18.4 Å². The molecular weight excluding hydrogens is 570 g/mol. The first-order valence-corrected chi connectivity index (χ1v) is 15.5. The fraction of sp³-hybridized carbons (Fsp3) is 0.333. The molecule has 0 aliphatic carbocycles. The second kappa shape index (κ2) is 10.8. The number of anilines is 4. The van der Waals surface area contributed by atoms with Crippen molar-refractivity contribution in [3.63, 3.8) is 0 Å². The number of aryl methyl sites for hydroxylation is 1. The van der Waals surface area contributed by atoms with Crippen LogP contribution in [0, 0.1) is 0 Å². The quantitative estimate of drug-likeness (QED) is 0.311. The minimum atomic E-state index is -0.179. The molecule has 12 nitrogen and oxygen atoms in total. The van der Waals surface area contributed by atoms with Crippen molar-refractivity contribution >= 4 is 50.9 Å². The van der Waals surface area contributed by atoms with Gasteiger partial charge in [0.05, 0.1) is 29.1 Å². The van der Waals surface area contributed by atoms with Gasteiger partial charge in [0.2, 0.25) is 5.95 Å². The number of allylic oxidation sites excluding steroid dienone is 2. The fourth-order valence-electron chi connectivity index (χ4n) is 6.61. The normalized spacial score (nSPS) is 17.2. The summed E-state index contributed by atoms with van der Waals surface area (Å²) in [5, 5.41) is 5.00. The van der Waals surface area contributed by atoms with E-state index in [0.29, 0.717) is 47.2 Å². The number of piperazine rings is 1. The molecule has 0 atom stereocenters. The molecule has 1 fully saturated rings. The van der Waals surface area contributed by atoms with E-state index in [0.717, 1.165) is 50.2 Å². The lowest BCUT2D eigenvalue weighted by molar-refractivity contribution is -0.121. The Bertz CT molecular complexity index is 2050. The van der Waals surface area contributed by atoms with Gasteiger partial charge in [-0.05, 0) is 56.3 Å². The highest BCUT2D eigenvalue weighted by Gasteiger charge is 2.27. The first-order chi connectivity index (χ1) is 21.9. The van der Waals surface area contributed by atoms with Crippen LogP contribution < -0.4 is 25.4 Å². The van der Waals surface area contributed by atoms with Gasteiger partial charge in [0, 0.05) is 63.2 Å². The number of aromatic nitrogens is 5. The van der Waals surface area contributed by atoms with Crippen molar-refractivity contribution in [2.45, 2.75) is 19.4 Å². The molecule has 0 spiro atoms. The molecule has 1 amide bonds. The Morgan fingerprint density at radius 1 is 0.911 bits per heavy atom. The lowest BCUT2D eigenvalue weighted by Crippen LogP contribution is -2.44. The molecule has 8 rings (SSSR count). The first kappa shape index (κ1) is 27.4. The van der Waals surface area contributed by atoms with E-state index in [1.54, 1.807) is 15.8 Å². The molecule has 1 N–H and O–H groups in total. The van der Waals surface area contributed by atoms with E-state index in [4.69, 9.17) is 9.72 Å². The Kier molecular flexibility index (Phi) is 6.59. The largest absolute Gasteiger partial charge is 0.482 e. The van der Waals surface area contributed by atoms with Gasteiger partial charge in [-0.2, -0.15) is 4.98 Å². The van der Waals surface area contributed by atoms with Crippen LogP contribution in [0.4, 0.5) is 23.0 Å². The Morgan fingerprint density at radius 3 is 2.64 bits per heavy atom. The number of ether oxygens (including phenoxy) is 1. The van der Waals surface area contributed by atoms with Gasteiger partial charge in [0.25, 0.3) is 11.5 Å². The number of hydrogen-bond acceptors (Lipinski definition) is 8. The number of nitrogens with zero attached hydrogens (tertiary/aromatic N) is 8. The number of rotatable bonds is 3. The summed E-state index contributed by atoms with van der Waals surface area (Å²) in [5.74, 6) is 0.964. The summed E-state index contributed by atoms with van der Waals surface area (Å²) in [6.45, 7) is 5.11. The Morgan fingerprint density at radius 2 is 1.78 bits per heavy atom. The minimum Gasteiger partial charge on any atom is -0.482 e. The Labute approximate surface area is 259 Å². The third-order valence-corrected chi connectivity index (χ3v) is 9.07. The SMILES string of the molecule is CN1CCN(c2cn(C)c3cc(Nc4ncc5c(=O)n6n(c5n4)-c4ccc5c(c4)N(CCCC=CC6)C(=O)CO5)ccc23)CC1. The molecule has 3 aliphatic rings. The number of nitrogens with one attached hydrogen (secondary N) is 1. The number of benzene rings is 2. The molecule has 0 saturated carbocycles. The Balaban J connectivity index is 1.19. The van der Waals surface area contributed by atoms with E-state index in [1.807, 2.05) is 35.0 Å². The van der Waals surface area contributed by atoms with Crippen molar-refractivity contribution in [1.29, 1.82) is 0 Å². The van der Waals surface area contributed by atoms with Gasteiger partial charge in [0.15, 0.2) is 12.3 Å². The number of amides is 1. The molecular formula is C33H35N9O3. The van der Waals surface area contributed by atoms with E-state index in [2.05, 4.69) is 63.2 Å². The van der Waals surface area contributed by atoms with E-state index >= 15 is 0 Å². The van der Waals surface area contributed by atoms with Crippen LogP contribution in [0.1, 0.15) is 12.8 Å². The maximum absolute atomic E-state index is 13.6. The maximum atomic E-state index is 13.6. The van der Waals surface area contributed by atoms with Gasteiger partial charge in [-0.3, -0.25) is 9.59 Å². The first-order valence-electron chi connectivity index (χ1n) is 15.5. The van der Waals surface area contributed by atoms with Gasteiger partial charge >= 0.3 is 0 Å². The summed E-state index contributed by atoms with van der Waals surface area (Å²) in [5.41, 5.74) is 4.93. The molecule has 5 aromatic rings. The predicted molar refractivity (Wildman–Crippen MR) is 175 cm³/mol. The highest BCUT2D eigenvalue weighted by atomic mass is 16.5. The van der Waals surface area contributed by atoms with Crippen molar-refractivity contribution in [3.05, 3.63) is 71.3 Å². The molecule has 2 aromatic carbocycles. The second-order valence-corrected chi connectivity index (χ2v) is 12.0. The fourth-order valence-corrected chi connectivity index (χ4v) is 6.61. The second-order valence-electron chi connectivity index (χ2n) is 12.0. The van der Waals surface area contributed by atoms with Gasteiger partial charge in [-0.25, -0.2) is 14.3 Å². The third kappa shape index (κ3) is 4.72. The number of likely N-dealkylation sites (N-methyl/N-ethyl adjacent to an activating group) is 1. The van der Waals surface area contributed by atoms with E-state index in [9.17, 15) is 9.59 Å². The number of carbonyl (C=O) groups is 1. The van der Waals surface area contributed by atoms with Gasteiger partial charge < -0.3 is 29.3 Å². The average molecular weight is 606 g/mol. The minimum absolute atomic E-state index is 0.0211. The summed E-state index contributed by atoms with van der Waals surface area (Å²) >= 11 is 0. The van der Waals surface area contributed by atoms with Crippen LogP contribution in [0.2, 0.25) is 0 Å². The van der Waals surface area contributed by atoms with Gasteiger partial charge in [0.1, 0.15) is 11.1 Å². The maximum Gasteiger partial charge on any atom is 0.278 e. The van der Waals surface area contributed by atoms with Crippen molar-refractivity contribution in [2.24, 2.45) is 7.05 Å². The highest BCUT2D eigenvalue weighted by molar-refractivity contribution is 5.98. The zero-order valence-electron chi connectivity index (χ0n) is 25.4. The van der Waals surface area contributed by atoms with E-state index < -0.39 is 0 Å². The molecule has 3 aliphatic heterocycles. The van der Waals surface area contributed by atoms with E-state index in [1.165, 1.54) is 11.1 Å². The van der Waals surface area contributed by atoms with Gasteiger partial charge in [-0.15, -0.1) is 0 Å². The predicted octanol–water partition coefficient (Wildman–Crippen LogP) is 3.64. The molecule has 0 radical (unpaired) electrons. The lowest BCUT2D eigenvalue weighted by atomic mass is 10.1. The van der Waals surface area contributed by atoms with E-state index in [-0.39, 0.29) is 18.1 Å². The van der Waals surface area contributed by atoms with Crippen LogP contribution >= 0.6 is 0 Å². The van der Waals surface area contributed by atoms with Crippen LogP contribution in [0.3, 0.4) is 0 Å². The molecule has 3 aromatic heterocycles. The molecule has 0 unspecified atom stereocenters. The molecule has 45 heavy (non-hydrogen) atoms. The smallest absolute Gasteiger partial charge is 0.278 e. The number of fused-ring (bicyclic) bond motifs is 6. The summed E-state index contributed by atoms with van der Waals surface area (Å²) in [7, 11) is 4.24. The Hall–Kier alpha value is -5.10.